The van der Waals surface area contributed by atoms with Crippen LogP contribution in [-0.4, -0.2) is 31.7 Å². The molecule has 0 aromatic carbocycles. The van der Waals surface area contributed by atoms with E-state index in [1.54, 1.807) is 0 Å². The van der Waals surface area contributed by atoms with Crippen molar-refractivity contribution in [1.82, 2.24) is 5.32 Å². The number of rotatable bonds is 5. The van der Waals surface area contributed by atoms with Crippen LogP contribution in [0.4, 0.5) is 0 Å². The zero-order valence-corrected chi connectivity index (χ0v) is 11.3. The van der Waals surface area contributed by atoms with Crippen molar-refractivity contribution in [3.05, 3.63) is 0 Å². The van der Waals surface area contributed by atoms with Crippen LogP contribution < -0.4 is 11.1 Å². The fraction of sp³-hybridized carbons (Fsp3) is 0.923. The first-order valence-corrected chi connectivity index (χ1v) is 6.58. The summed E-state index contributed by atoms with van der Waals surface area (Å²) in [7, 11) is 1.44. The molecule has 0 aliphatic heterocycles. The van der Waals surface area contributed by atoms with E-state index in [2.05, 4.69) is 12.2 Å². The van der Waals surface area contributed by atoms with E-state index < -0.39 is 0 Å². The van der Waals surface area contributed by atoms with Crippen LogP contribution in [-0.2, 0) is 9.53 Å². The third kappa shape index (κ3) is 3.96. The number of methoxy groups -OCH3 is 1. The lowest BCUT2D eigenvalue weighted by Crippen LogP contribution is -2.47. The lowest BCUT2D eigenvalue weighted by Gasteiger charge is -2.37. The predicted octanol–water partition coefficient (Wildman–Crippen LogP) is 1.44. The predicted molar refractivity (Wildman–Crippen MR) is 68.6 cm³/mol. The van der Waals surface area contributed by atoms with Crippen LogP contribution >= 0.6 is 0 Å². The van der Waals surface area contributed by atoms with Crippen LogP contribution in [0.3, 0.4) is 0 Å². The Hall–Kier alpha value is -0.610. The molecule has 1 saturated carbocycles. The zero-order valence-electron chi connectivity index (χ0n) is 11.3. The van der Waals surface area contributed by atoms with Crippen molar-refractivity contribution < 1.29 is 9.53 Å². The number of nitrogens with two attached hydrogens (primary N) is 1. The lowest BCUT2D eigenvalue weighted by molar-refractivity contribution is -0.143. The van der Waals surface area contributed by atoms with Gasteiger partial charge >= 0.3 is 5.97 Å². The lowest BCUT2D eigenvalue weighted by atomic mass is 9.74. The Morgan fingerprint density at radius 2 is 2.12 bits per heavy atom. The summed E-state index contributed by atoms with van der Waals surface area (Å²) < 4.78 is 4.79. The van der Waals surface area contributed by atoms with Gasteiger partial charge in [-0.2, -0.15) is 0 Å². The second-order valence-corrected chi connectivity index (χ2v) is 5.44. The summed E-state index contributed by atoms with van der Waals surface area (Å²) in [5.74, 6) is -0.153. The third-order valence-electron chi connectivity index (χ3n) is 4.02. The summed E-state index contributed by atoms with van der Waals surface area (Å²) in [6, 6.07) is 0.269. The molecule has 1 aliphatic carbocycles. The second kappa shape index (κ2) is 6.36. The van der Waals surface area contributed by atoms with Gasteiger partial charge in [-0.1, -0.05) is 13.8 Å². The van der Waals surface area contributed by atoms with E-state index >= 15 is 0 Å². The average molecular weight is 242 g/mol. The van der Waals surface area contributed by atoms with Gasteiger partial charge in [0, 0.05) is 6.04 Å². The Morgan fingerprint density at radius 3 is 2.53 bits per heavy atom. The Labute approximate surface area is 104 Å². The van der Waals surface area contributed by atoms with Crippen LogP contribution in [0.5, 0.6) is 0 Å². The number of carbonyl (C=O) groups excluding carboxylic acids is 1. The highest BCUT2D eigenvalue weighted by atomic mass is 16.5. The molecule has 100 valence electrons. The standard InChI is InChI=1S/C13H26N2O2/c1-4-11(12(16)17-3)15-10-5-7-13(2,9-14)8-6-10/h10-11,15H,4-9,14H2,1-3H3. The van der Waals surface area contributed by atoms with E-state index in [-0.39, 0.29) is 12.0 Å². The molecule has 1 rings (SSSR count). The Kier molecular flexibility index (Phi) is 5.40. The van der Waals surface area contributed by atoms with Gasteiger partial charge in [0.25, 0.3) is 0 Å². The molecule has 4 nitrogen and oxygen atoms in total. The first-order chi connectivity index (χ1) is 8.04. The van der Waals surface area contributed by atoms with Gasteiger partial charge in [0.1, 0.15) is 6.04 Å². The molecule has 0 spiro atoms. The number of carbonyl (C=O) groups is 1. The van der Waals surface area contributed by atoms with Crippen LogP contribution in [0.1, 0.15) is 46.0 Å². The molecular formula is C13H26N2O2. The quantitative estimate of drug-likeness (QED) is 0.716. The molecule has 0 amide bonds. The minimum Gasteiger partial charge on any atom is -0.468 e. The van der Waals surface area contributed by atoms with Crippen molar-refractivity contribution >= 4 is 5.97 Å². The van der Waals surface area contributed by atoms with E-state index in [0.717, 1.165) is 38.6 Å². The molecule has 17 heavy (non-hydrogen) atoms. The Bertz CT molecular complexity index is 248. The van der Waals surface area contributed by atoms with Crippen LogP contribution in [0.25, 0.3) is 0 Å². The van der Waals surface area contributed by atoms with E-state index in [9.17, 15) is 4.79 Å². The first kappa shape index (κ1) is 14.5. The summed E-state index contributed by atoms with van der Waals surface area (Å²) in [4.78, 5) is 11.5. The molecule has 0 saturated heterocycles. The smallest absolute Gasteiger partial charge is 0.322 e. The summed E-state index contributed by atoms with van der Waals surface area (Å²) >= 11 is 0. The van der Waals surface area contributed by atoms with Gasteiger partial charge in [0.15, 0.2) is 0 Å². The average Bonchev–Trinajstić information content (AvgIpc) is 2.37. The van der Waals surface area contributed by atoms with Gasteiger partial charge in [-0.3, -0.25) is 4.79 Å². The molecule has 3 N–H and O–H groups in total. The van der Waals surface area contributed by atoms with E-state index in [4.69, 9.17) is 10.5 Å². The van der Waals surface area contributed by atoms with Crippen molar-refractivity contribution in [2.24, 2.45) is 11.1 Å². The molecule has 0 bridgehead atoms. The van der Waals surface area contributed by atoms with E-state index in [1.165, 1.54) is 7.11 Å². The van der Waals surface area contributed by atoms with Gasteiger partial charge in [0.2, 0.25) is 0 Å². The Balaban J connectivity index is 2.41. The van der Waals surface area contributed by atoms with Gasteiger partial charge in [-0.15, -0.1) is 0 Å². The molecule has 0 aromatic rings. The van der Waals surface area contributed by atoms with Crippen LogP contribution in [0.15, 0.2) is 0 Å². The highest BCUT2D eigenvalue weighted by molar-refractivity contribution is 5.75. The number of nitrogens with one attached hydrogen (secondary N) is 1. The van der Waals surface area contributed by atoms with Gasteiger partial charge in [-0.05, 0) is 44.1 Å². The molecule has 0 radical (unpaired) electrons. The monoisotopic (exact) mass is 242 g/mol. The maximum atomic E-state index is 11.5. The molecule has 0 heterocycles. The fourth-order valence-electron chi connectivity index (χ4n) is 2.46. The highest BCUT2D eigenvalue weighted by Crippen LogP contribution is 2.34. The number of ether oxygens (including phenoxy) is 1. The van der Waals surface area contributed by atoms with Gasteiger partial charge in [0.05, 0.1) is 7.11 Å². The number of esters is 1. The van der Waals surface area contributed by atoms with E-state index in [1.807, 2.05) is 6.92 Å². The number of hydrogen-bond donors (Lipinski definition) is 2. The van der Waals surface area contributed by atoms with E-state index in [0.29, 0.717) is 11.5 Å². The first-order valence-electron chi connectivity index (χ1n) is 6.58. The molecule has 0 aromatic heterocycles. The molecule has 1 aliphatic rings. The van der Waals surface area contributed by atoms with Crippen LogP contribution in [0, 0.1) is 5.41 Å². The SMILES string of the molecule is CCC(NC1CCC(C)(CN)CC1)C(=O)OC. The molecule has 1 fully saturated rings. The van der Waals surface area contributed by atoms with Crippen LogP contribution in [0.2, 0.25) is 0 Å². The highest BCUT2D eigenvalue weighted by Gasteiger charge is 2.31. The summed E-state index contributed by atoms with van der Waals surface area (Å²) in [5, 5.41) is 3.40. The van der Waals surface area contributed by atoms with Gasteiger partial charge in [-0.25, -0.2) is 0 Å². The molecule has 1 atom stereocenters. The molecular weight excluding hydrogens is 216 g/mol. The minimum atomic E-state index is -0.160. The maximum Gasteiger partial charge on any atom is 0.322 e. The van der Waals surface area contributed by atoms with Crippen molar-refractivity contribution in [1.29, 1.82) is 0 Å². The molecule has 4 heteroatoms. The summed E-state index contributed by atoms with van der Waals surface area (Å²) in [6.07, 6.45) is 5.25. The van der Waals surface area contributed by atoms with Crippen molar-refractivity contribution in [3.63, 3.8) is 0 Å². The summed E-state index contributed by atoms with van der Waals surface area (Å²) in [5.41, 5.74) is 6.08. The topological polar surface area (TPSA) is 64.3 Å². The maximum absolute atomic E-state index is 11.5. The van der Waals surface area contributed by atoms with Crippen molar-refractivity contribution in [3.8, 4) is 0 Å². The largest absolute Gasteiger partial charge is 0.468 e. The van der Waals surface area contributed by atoms with Crippen molar-refractivity contribution in [2.75, 3.05) is 13.7 Å². The van der Waals surface area contributed by atoms with Crippen molar-refractivity contribution in [2.45, 2.75) is 58.0 Å². The minimum absolute atomic E-state index is 0.153. The Morgan fingerprint density at radius 1 is 1.53 bits per heavy atom. The zero-order chi connectivity index (χ0) is 12.9. The second-order valence-electron chi connectivity index (χ2n) is 5.44. The summed E-state index contributed by atoms with van der Waals surface area (Å²) in [6.45, 7) is 5.01. The van der Waals surface area contributed by atoms with Gasteiger partial charge < -0.3 is 15.8 Å². The normalized spacial score (nSPS) is 30.9. The third-order valence-corrected chi connectivity index (χ3v) is 4.02. The molecule has 1 unspecified atom stereocenters. The number of hydrogen-bond acceptors (Lipinski definition) is 4. The fourth-order valence-corrected chi connectivity index (χ4v) is 2.46.